The molecular weight excluding hydrogens is 421 g/mol. The van der Waals surface area contributed by atoms with E-state index >= 15 is 0 Å². The Labute approximate surface area is 176 Å². The fourth-order valence-corrected chi connectivity index (χ4v) is 3.73. The molecule has 1 aromatic heterocycles. The zero-order valence-corrected chi connectivity index (χ0v) is 17.7. The van der Waals surface area contributed by atoms with Crippen molar-refractivity contribution in [2.45, 2.75) is 39.2 Å². The number of amides is 1. The fraction of sp³-hybridized carbons (Fsp3) is 0.450. The van der Waals surface area contributed by atoms with Crippen molar-refractivity contribution < 1.29 is 32.0 Å². The van der Waals surface area contributed by atoms with Crippen molar-refractivity contribution in [1.29, 1.82) is 0 Å². The molecule has 1 heterocycles. The van der Waals surface area contributed by atoms with Crippen LogP contribution in [0.15, 0.2) is 28.8 Å². The molecule has 0 saturated carbocycles. The van der Waals surface area contributed by atoms with Gasteiger partial charge in [-0.3, -0.25) is 9.59 Å². The predicted molar refractivity (Wildman–Crippen MR) is 106 cm³/mol. The summed E-state index contributed by atoms with van der Waals surface area (Å²) in [6, 6.07) is 4.50. The first-order chi connectivity index (χ1) is 14.1. The Hall–Kier alpha value is -2.49. The zero-order chi connectivity index (χ0) is 22.3. The van der Waals surface area contributed by atoms with Gasteiger partial charge in [-0.05, 0) is 38.5 Å². The maximum Gasteiger partial charge on any atom is 0.416 e. The van der Waals surface area contributed by atoms with Crippen molar-refractivity contribution in [3.63, 3.8) is 0 Å². The van der Waals surface area contributed by atoms with Crippen LogP contribution in [0, 0.1) is 13.8 Å². The number of rotatable bonds is 9. The van der Waals surface area contributed by atoms with E-state index in [1.165, 1.54) is 28.8 Å². The molecule has 0 spiro atoms. The highest BCUT2D eigenvalue weighted by Gasteiger charge is 2.30. The van der Waals surface area contributed by atoms with Crippen LogP contribution in [-0.2, 0) is 32.8 Å². The van der Waals surface area contributed by atoms with Gasteiger partial charge in [-0.1, -0.05) is 17.3 Å². The number of carbonyl (C=O) groups excluding carboxylic acids is 2. The SMILES string of the molecule is CCOC(=O)CN(Cc1ccc(C(F)(F)F)cc1)C(=O)CSCc1c(C)noc1C. The van der Waals surface area contributed by atoms with Crippen LogP contribution in [0.1, 0.15) is 35.1 Å². The van der Waals surface area contributed by atoms with E-state index < -0.39 is 17.7 Å². The second-order valence-corrected chi connectivity index (χ2v) is 7.53. The van der Waals surface area contributed by atoms with E-state index in [1.54, 1.807) is 13.8 Å². The van der Waals surface area contributed by atoms with E-state index in [2.05, 4.69) is 5.16 Å². The third kappa shape index (κ3) is 6.79. The van der Waals surface area contributed by atoms with Gasteiger partial charge in [0, 0.05) is 17.9 Å². The lowest BCUT2D eigenvalue weighted by atomic mass is 10.1. The van der Waals surface area contributed by atoms with Crippen molar-refractivity contribution in [3.05, 3.63) is 52.4 Å². The van der Waals surface area contributed by atoms with E-state index in [1.807, 2.05) is 6.92 Å². The molecule has 6 nitrogen and oxygen atoms in total. The van der Waals surface area contributed by atoms with E-state index in [-0.39, 0.29) is 31.4 Å². The van der Waals surface area contributed by atoms with Crippen molar-refractivity contribution in [3.8, 4) is 0 Å². The zero-order valence-electron chi connectivity index (χ0n) is 16.9. The lowest BCUT2D eigenvalue weighted by molar-refractivity contribution is -0.148. The van der Waals surface area contributed by atoms with Gasteiger partial charge in [0.25, 0.3) is 0 Å². The van der Waals surface area contributed by atoms with Crippen LogP contribution in [0.2, 0.25) is 0 Å². The Bertz CT molecular complexity index is 846. The summed E-state index contributed by atoms with van der Waals surface area (Å²) in [6.07, 6.45) is -4.44. The highest BCUT2D eigenvalue weighted by Crippen LogP contribution is 2.29. The van der Waals surface area contributed by atoms with Crippen molar-refractivity contribution >= 4 is 23.6 Å². The maximum atomic E-state index is 12.7. The topological polar surface area (TPSA) is 72.6 Å². The number of halogens is 3. The summed E-state index contributed by atoms with van der Waals surface area (Å²) in [7, 11) is 0. The molecule has 164 valence electrons. The van der Waals surface area contributed by atoms with Crippen molar-refractivity contribution in [2.24, 2.45) is 0 Å². The highest BCUT2D eigenvalue weighted by atomic mass is 32.2. The lowest BCUT2D eigenvalue weighted by Gasteiger charge is -2.22. The average Bonchev–Trinajstić information content (AvgIpc) is 2.99. The van der Waals surface area contributed by atoms with E-state index in [0.717, 1.165) is 23.4 Å². The number of esters is 1. The van der Waals surface area contributed by atoms with Gasteiger partial charge in [0.2, 0.25) is 5.91 Å². The molecular formula is C20H23F3N2O4S. The first-order valence-corrected chi connectivity index (χ1v) is 10.4. The summed E-state index contributed by atoms with van der Waals surface area (Å²) in [6.45, 7) is 5.14. The lowest BCUT2D eigenvalue weighted by Crippen LogP contribution is -2.37. The third-order valence-electron chi connectivity index (χ3n) is 4.29. The minimum absolute atomic E-state index is 0.00165. The molecule has 0 N–H and O–H groups in total. The number of hydrogen-bond donors (Lipinski definition) is 0. The molecule has 30 heavy (non-hydrogen) atoms. The number of thioether (sulfide) groups is 1. The van der Waals surface area contributed by atoms with Crippen LogP contribution in [0.25, 0.3) is 0 Å². The number of hydrogen-bond acceptors (Lipinski definition) is 6. The Balaban J connectivity index is 2.04. The number of carbonyl (C=O) groups is 2. The summed E-state index contributed by atoms with van der Waals surface area (Å²) < 4.78 is 48.2. The van der Waals surface area contributed by atoms with Crippen LogP contribution in [0.5, 0.6) is 0 Å². The fourth-order valence-electron chi connectivity index (χ4n) is 2.65. The molecule has 10 heteroatoms. The summed E-state index contributed by atoms with van der Waals surface area (Å²) >= 11 is 1.34. The molecule has 0 aliphatic carbocycles. The van der Waals surface area contributed by atoms with Gasteiger partial charge in [-0.2, -0.15) is 13.2 Å². The van der Waals surface area contributed by atoms with Crippen LogP contribution in [-0.4, -0.2) is 40.8 Å². The van der Waals surface area contributed by atoms with E-state index in [0.29, 0.717) is 17.1 Å². The number of alkyl halides is 3. The number of aryl methyl sites for hydroxylation is 2. The van der Waals surface area contributed by atoms with Gasteiger partial charge in [0.05, 0.1) is 23.6 Å². The van der Waals surface area contributed by atoms with Crippen LogP contribution < -0.4 is 0 Å². The average molecular weight is 444 g/mol. The van der Waals surface area contributed by atoms with E-state index in [9.17, 15) is 22.8 Å². The van der Waals surface area contributed by atoms with Crippen molar-refractivity contribution in [1.82, 2.24) is 10.1 Å². The highest BCUT2D eigenvalue weighted by molar-refractivity contribution is 7.99. The van der Waals surface area contributed by atoms with Crippen LogP contribution >= 0.6 is 11.8 Å². The molecule has 1 amide bonds. The smallest absolute Gasteiger partial charge is 0.416 e. The quantitative estimate of drug-likeness (QED) is 0.542. The third-order valence-corrected chi connectivity index (χ3v) is 5.23. The summed E-state index contributed by atoms with van der Waals surface area (Å²) in [5.74, 6) is 0.388. The molecule has 0 saturated heterocycles. The molecule has 1 aromatic carbocycles. The summed E-state index contributed by atoms with van der Waals surface area (Å²) in [4.78, 5) is 25.9. The number of aromatic nitrogens is 1. The van der Waals surface area contributed by atoms with E-state index in [4.69, 9.17) is 9.26 Å². The largest absolute Gasteiger partial charge is 0.465 e. The molecule has 0 unspecified atom stereocenters. The molecule has 2 aromatic rings. The predicted octanol–water partition coefficient (Wildman–Crippen LogP) is 4.14. The van der Waals surface area contributed by atoms with Crippen LogP contribution in [0.3, 0.4) is 0 Å². The monoisotopic (exact) mass is 444 g/mol. The molecule has 0 aliphatic heterocycles. The minimum atomic E-state index is -4.44. The molecule has 0 atom stereocenters. The molecule has 2 rings (SSSR count). The van der Waals surface area contributed by atoms with Gasteiger partial charge < -0.3 is 14.2 Å². The maximum absolute atomic E-state index is 12.7. The number of nitrogens with zero attached hydrogens (tertiary/aromatic N) is 2. The summed E-state index contributed by atoms with van der Waals surface area (Å²) in [5, 5.41) is 3.86. The molecule has 0 fully saturated rings. The van der Waals surface area contributed by atoms with Gasteiger partial charge in [-0.15, -0.1) is 11.8 Å². The Morgan fingerprint density at radius 1 is 1.20 bits per heavy atom. The van der Waals surface area contributed by atoms with Gasteiger partial charge in [-0.25, -0.2) is 0 Å². The molecule has 0 radical (unpaired) electrons. The van der Waals surface area contributed by atoms with Crippen LogP contribution in [0.4, 0.5) is 13.2 Å². The molecule has 0 bridgehead atoms. The Morgan fingerprint density at radius 3 is 2.40 bits per heavy atom. The van der Waals surface area contributed by atoms with Crippen molar-refractivity contribution in [2.75, 3.05) is 18.9 Å². The molecule has 0 aliphatic rings. The normalized spacial score (nSPS) is 11.4. The number of ether oxygens (including phenoxy) is 1. The Kier molecular flexibility index (Phi) is 8.33. The minimum Gasteiger partial charge on any atom is -0.465 e. The Morgan fingerprint density at radius 2 is 1.87 bits per heavy atom. The van der Waals surface area contributed by atoms with Gasteiger partial charge >= 0.3 is 12.1 Å². The van der Waals surface area contributed by atoms with Gasteiger partial charge in [0.1, 0.15) is 12.3 Å². The number of benzene rings is 1. The second kappa shape index (κ2) is 10.5. The standard InChI is InChI=1S/C20H23F3N2O4S/c1-4-28-19(27)10-25(9-15-5-7-16(8-6-15)20(21,22)23)18(26)12-30-11-17-13(2)24-29-14(17)3/h5-8H,4,9-12H2,1-3H3. The summed E-state index contributed by atoms with van der Waals surface area (Å²) in [5.41, 5.74) is 1.37. The van der Waals surface area contributed by atoms with Gasteiger partial charge in [0.15, 0.2) is 0 Å². The first-order valence-electron chi connectivity index (χ1n) is 9.20. The second-order valence-electron chi connectivity index (χ2n) is 6.55. The first kappa shape index (κ1) is 23.8.